The van der Waals surface area contributed by atoms with E-state index in [0.717, 1.165) is 16.7 Å². The number of carbonyl (C=O) groups is 1. The maximum absolute atomic E-state index is 12.3. The molecular weight excluding hydrogens is 380 g/mol. The lowest BCUT2D eigenvalue weighted by molar-refractivity contribution is 0.102. The van der Waals surface area contributed by atoms with Gasteiger partial charge >= 0.3 is 0 Å². The van der Waals surface area contributed by atoms with Gasteiger partial charge in [-0.2, -0.15) is 0 Å². The van der Waals surface area contributed by atoms with Gasteiger partial charge in [0.2, 0.25) is 0 Å². The summed E-state index contributed by atoms with van der Waals surface area (Å²) < 4.78 is 0.954. The summed E-state index contributed by atoms with van der Waals surface area (Å²) in [6.45, 7) is 2.80. The molecule has 5 nitrogen and oxygen atoms in total. The van der Waals surface area contributed by atoms with E-state index in [9.17, 15) is 4.79 Å². The van der Waals surface area contributed by atoms with Gasteiger partial charge in [0.05, 0.1) is 12.4 Å². The number of benzene rings is 2. The van der Waals surface area contributed by atoms with Crippen molar-refractivity contribution >= 4 is 39.0 Å². The second-order valence-corrected chi connectivity index (χ2v) is 6.22. The molecule has 1 amide bonds. The Bertz CT molecular complexity index is 836. The van der Waals surface area contributed by atoms with Crippen molar-refractivity contribution in [2.24, 2.45) is 0 Å². The van der Waals surface area contributed by atoms with Gasteiger partial charge in [-0.15, -0.1) is 0 Å². The van der Waals surface area contributed by atoms with E-state index in [1.54, 1.807) is 6.20 Å². The number of aromatic nitrogens is 2. The Labute approximate surface area is 154 Å². The summed E-state index contributed by atoms with van der Waals surface area (Å²) in [6, 6.07) is 17.3. The van der Waals surface area contributed by atoms with Crippen LogP contribution >= 0.6 is 15.9 Å². The van der Waals surface area contributed by atoms with E-state index in [1.165, 1.54) is 6.20 Å². The predicted molar refractivity (Wildman–Crippen MR) is 103 cm³/mol. The first-order valence-corrected chi connectivity index (χ1v) is 8.68. The van der Waals surface area contributed by atoms with Gasteiger partial charge in [0, 0.05) is 22.4 Å². The molecule has 6 heteroatoms. The van der Waals surface area contributed by atoms with E-state index in [2.05, 4.69) is 31.2 Å². The summed E-state index contributed by atoms with van der Waals surface area (Å²) in [5.41, 5.74) is 2.01. The molecule has 0 atom stereocenters. The zero-order valence-corrected chi connectivity index (χ0v) is 15.3. The molecule has 25 heavy (non-hydrogen) atoms. The first kappa shape index (κ1) is 17.1. The Balaban J connectivity index is 1.75. The number of hydrogen-bond acceptors (Lipinski definition) is 4. The van der Waals surface area contributed by atoms with Gasteiger partial charge in [-0.1, -0.05) is 34.1 Å². The van der Waals surface area contributed by atoms with Crippen LogP contribution in [0.1, 0.15) is 17.4 Å². The molecule has 0 radical (unpaired) electrons. The largest absolute Gasteiger partial charge is 0.325 e. The zero-order valence-electron chi connectivity index (χ0n) is 13.7. The number of nitrogens with one attached hydrogen (secondary N) is 1. The van der Waals surface area contributed by atoms with Crippen LogP contribution in [0.2, 0.25) is 0 Å². The summed E-state index contributed by atoms with van der Waals surface area (Å²) in [6.07, 6.45) is 3.11. The molecule has 3 rings (SSSR count). The number of rotatable bonds is 5. The lowest BCUT2D eigenvalue weighted by atomic mass is 10.3. The number of hydrogen-bond donors (Lipinski definition) is 1. The van der Waals surface area contributed by atoms with Gasteiger partial charge < -0.3 is 10.2 Å². The van der Waals surface area contributed by atoms with E-state index >= 15 is 0 Å². The van der Waals surface area contributed by atoms with Crippen molar-refractivity contribution < 1.29 is 4.79 Å². The number of carbonyl (C=O) groups excluding carboxylic acids is 1. The summed E-state index contributed by atoms with van der Waals surface area (Å²) in [7, 11) is 0. The van der Waals surface area contributed by atoms with E-state index in [1.807, 2.05) is 66.4 Å². The number of nitrogens with zero attached hydrogens (tertiary/aromatic N) is 3. The predicted octanol–water partition coefficient (Wildman–Crippen LogP) is 4.65. The minimum absolute atomic E-state index is 0.274. The Morgan fingerprint density at radius 1 is 1.04 bits per heavy atom. The lowest BCUT2D eigenvalue weighted by Gasteiger charge is -2.21. The molecule has 0 aliphatic carbocycles. The number of halogens is 1. The Morgan fingerprint density at radius 3 is 2.36 bits per heavy atom. The van der Waals surface area contributed by atoms with Gasteiger partial charge in [0.1, 0.15) is 5.69 Å². The standard InChI is InChI=1S/C19H17BrN4O/c1-2-24(16-6-4-3-5-7-16)18-13-21-17(12-22-18)19(25)23-15-10-8-14(20)9-11-15/h3-13H,2H2,1H3,(H,23,25). The van der Waals surface area contributed by atoms with Crippen molar-refractivity contribution in [2.75, 3.05) is 16.8 Å². The highest BCUT2D eigenvalue weighted by Gasteiger charge is 2.12. The van der Waals surface area contributed by atoms with Crippen LogP contribution in [0.5, 0.6) is 0 Å². The van der Waals surface area contributed by atoms with E-state index in [4.69, 9.17) is 0 Å². The maximum Gasteiger partial charge on any atom is 0.275 e. The highest BCUT2D eigenvalue weighted by Crippen LogP contribution is 2.22. The molecule has 126 valence electrons. The molecule has 0 spiro atoms. The second kappa shape index (κ2) is 7.90. The smallest absolute Gasteiger partial charge is 0.275 e. The molecule has 0 saturated heterocycles. The fourth-order valence-corrected chi connectivity index (χ4v) is 2.66. The highest BCUT2D eigenvalue weighted by atomic mass is 79.9. The van der Waals surface area contributed by atoms with Crippen molar-refractivity contribution in [3.8, 4) is 0 Å². The van der Waals surface area contributed by atoms with Crippen LogP contribution in [0, 0.1) is 0 Å². The minimum atomic E-state index is -0.288. The summed E-state index contributed by atoms with van der Waals surface area (Å²) in [5, 5.41) is 2.80. The molecule has 0 unspecified atom stereocenters. The van der Waals surface area contributed by atoms with Gasteiger partial charge in [0.25, 0.3) is 5.91 Å². The Morgan fingerprint density at radius 2 is 1.76 bits per heavy atom. The summed E-state index contributed by atoms with van der Waals surface area (Å²) >= 11 is 3.36. The third-order valence-corrected chi connectivity index (χ3v) is 4.16. The van der Waals surface area contributed by atoms with E-state index < -0.39 is 0 Å². The molecular formula is C19H17BrN4O. The first-order chi connectivity index (χ1) is 12.2. The summed E-state index contributed by atoms with van der Waals surface area (Å²) in [4.78, 5) is 23.0. The molecule has 0 saturated carbocycles. The molecule has 1 heterocycles. The van der Waals surface area contributed by atoms with Crippen LogP contribution in [-0.4, -0.2) is 22.4 Å². The summed E-state index contributed by atoms with van der Waals surface area (Å²) in [5.74, 6) is 0.415. The number of anilines is 3. The monoisotopic (exact) mass is 396 g/mol. The van der Waals surface area contributed by atoms with Gasteiger partial charge in [-0.25, -0.2) is 9.97 Å². The average Bonchev–Trinajstić information content (AvgIpc) is 2.66. The fourth-order valence-electron chi connectivity index (χ4n) is 2.39. The molecule has 0 aliphatic rings. The maximum atomic E-state index is 12.3. The van der Waals surface area contributed by atoms with Crippen molar-refractivity contribution in [1.29, 1.82) is 0 Å². The van der Waals surface area contributed by atoms with E-state index in [0.29, 0.717) is 11.5 Å². The van der Waals surface area contributed by atoms with Crippen LogP contribution in [0.15, 0.2) is 71.5 Å². The van der Waals surface area contributed by atoms with Crippen molar-refractivity contribution in [3.05, 3.63) is 77.2 Å². The fraction of sp³-hybridized carbons (Fsp3) is 0.105. The number of para-hydroxylation sites is 1. The van der Waals surface area contributed by atoms with Crippen LogP contribution < -0.4 is 10.2 Å². The highest BCUT2D eigenvalue weighted by molar-refractivity contribution is 9.10. The SMILES string of the molecule is CCN(c1ccccc1)c1cnc(C(=O)Nc2ccc(Br)cc2)cn1. The molecule has 0 aliphatic heterocycles. The quantitative estimate of drug-likeness (QED) is 0.681. The van der Waals surface area contributed by atoms with E-state index in [-0.39, 0.29) is 11.6 Å². The molecule has 0 fully saturated rings. The van der Waals surface area contributed by atoms with Gasteiger partial charge in [-0.3, -0.25) is 4.79 Å². The first-order valence-electron chi connectivity index (χ1n) is 7.89. The normalized spacial score (nSPS) is 10.3. The third kappa shape index (κ3) is 4.22. The van der Waals surface area contributed by atoms with Crippen LogP contribution in [0.3, 0.4) is 0 Å². The Hall–Kier alpha value is -2.73. The van der Waals surface area contributed by atoms with Gasteiger partial charge in [-0.05, 0) is 43.3 Å². The van der Waals surface area contributed by atoms with Crippen molar-refractivity contribution in [3.63, 3.8) is 0 Å². The second-order valence-electron chi connectivity index (χ2n) is 5.30. The molecule has 1 N–H and O–H groups in total. The van der Waals surface area contributed by atoms with Crippen molar-refractivity contribution in [1.82, 2.24) is 9.97 Å². The van der Waals surface area contributed by atoms with Crippen LogP contribution in [0.4, 0.5) is 17.2 Å². The van der Waals surface area contributed by atoms with Crippen LogP contribution in [0.25, 0.3) is 0 Å². The molecule has 1 aromatic heterocycles. The van der Waals surface area contributed by atoms with Crippen molar-refractivity contribution in [2.45, 2.75) is 6.92 Å². The topological polar surface area (TPSA) is 58.1 Å². The average molecular weight is 397 g/mol. The zero-order chi connectivity index (χ0) is 17.6. The Kier molecular flexibility index (Phi) is 5.40. The third-order valence-electron chi connectivity index (χ3n) is 3.63. The van der Waals surface area contributed by atoms with Gasteiger partial charge in [0.15, 0.2) is 5.82 Å². The molecule has 0 bridgehead atoms. The molecule has 2 aromatic carbocycles. The molecule has 3 aromatic rings. The lowest BCUT2D eigenvalue weighted by Crippen LogP contribution is -2.19. The minimum Gasteiger partial charge on any atom is -0.325 e. The number of amides is 1. The van der Waals surface area contributed by atoms with Crippen LogP contribution in [-0.2, 0) is 0 Å².